The van der Waals surface area contributed by atoms with E-state index < -0.39 is 6.29 Å². The van der Waals surface area contributed by atoms with Crippen LogP contribution in [-0.4, -0.2) is 48.1 Å². The number of nitrogens with zero attached hydrogens (tertiary/aromatic N) is 1. The molecule has 0 saturated carbocycles. The van der Waals surface area contributed by atoms with Gasteiger partial charge in [0.2, 0.25) is 11.8 Å². The predicted octanol–water partition coefficient (Wildman–Crippen LogP) is 7.08. The van der Waals surface area contributed by atoms with Crippen molar-refractivity contribution in [3.05, 3.63) is 131 Å². The number of aliphatic hydroxyl groups is 1. The van der Waals surface area contributed by atoms with Crippen molar-refractivity contribution >= 4 is 11.8 Å². The summed E-state index contributed by atoms with van der Waals surface area (Å²) in [5.74, 6) is 0.112. The number of ether oxygens (including phenoxy) is 2. The van der Waals surface area contributed by atoms with E-state index in [2.05, 4.69) is 102 Å². The molecule has 8 heteroatoms. The van der Waals surface area contributed by atoms with Gasteiger partial charge in [-0.05, 0) is 59.3 Å². The standard InChI is InChI=1S/C42H51N3O5/c1-30-39(28-45(3)27-32-11-6-4-7-12-32)49-42(50-41(30)36-18-16-33(29-46)17-19-36)37-22-20-35(21-23-37)38-14-10-13-34(25-38)26-44-40(48)15-8-5-9-24-43-31(2)47/h4,6-7,10-14,16-23,25,30,39,41-42,46H,5,8-9,15,24,26-29H2,1-3H3,(H,43,47)(H,44,48). The van der Waals surface area contributed by atoms with Gasteiger partial charge in [0, 0.05) is 51.0 Å². The number of hydrogen-bond acceptors (Lipinski definition) is 6. The largest absolute Gasteiger partial charge is 0.392 e. The van der Waals surface area contributed by atoms with E-state index in [1.54, 1.807) is 0 Å². The molecule has 50 heavy (non-hydrogen) atoms. The summed E-state index contributed by atoms with van der Waals surface area (Å²) >= 11 is 0. The quantitative estimate of drug-likeness (QED) is 0.110. The van der Waals surface area contributed by atoms with Crippen LogP contribution in [0.1, 0.15) is 79.7 Å². The molecule has 264 valence electrons. The smallest absolute Gasteiger partial charge is 0.220 e. The molecular formula is C42H51N3O5. The van der Waals surface area contributed by atoms with Crippen LogP contribution in [0.25, 0.3) is 11.1 Å². The first-order chi connectivity index (χ1) is 24.3. The van der Waals surface area contributed by atoms with E-state index in [1.807, 2.05) is 30.3 Å². The lowest BCUT2D eigenvalue weighted by molar-refractivity contribution is -0.276. The van der Waals surface area contributed by atoms with Crippen LogP contribution < -0.4 is 10.6 Å². The van der Waals surface area contributed by atoms with Gasteiger partial charge in [0.05, 0.1) is 18.8 Å². The zero-order valence-corrected chi connectivity index (χ0v) is 29.5. The number of amides is 2. The van der Waals surface area contributed by atoms with Gasteiger partial charge in [-0.1, -0.05) is 110 Å². The fourth-order valence-corrected chi connectivity index (χ4v) is 6.43. The van der Waals surface area contributed by atoms with Crippen molar-refractivity contribution in [2.75, 3.05) is 20.1 Å². The number of hydrogen-bond donors (Lipinski definition) is 3. The van der Waals surface area contributed by atoms with E-state index in [0.717, 1.165) is 65.7 Å². The second kappa shape index (κ2) is 18.6. The van der Waals surface area contributed by atoms with Crippen LogP contribution in [-0.2, 0) is 38.8 Å². The van der Waals surface area contributed by atoms with Gasteiger partial charge in [0.15, 0.2) is 6.29 Å². The first kappa shape index (κ1) is 36.9. The van der Waals surface area contributed by atoms with Gasteiger partial charge in [-0.2, -0.15) is 0 Å². The highest BCUT2D eigenvalue weighted by Gasteiger charge is 2.38. The van der Waals surface area contributed by atoms with Crippen molar-refractivity contribution in [2.45, 2.75) is 77.7 Å². The Kier molecular flexibility index (Phi) is 13.7. The molecule has 2 amide bonds. The van der Waals surface area contributed by atoms with Gasteiger partial charge in [-0.15, -0.1) is 0 Å². The van der Waals surface area contributed by atoms with Crippen LogP contribution in [0.3, 0.4) is 0 Å². The Morgan fingerprint density at radius 2 is 1.48 bits per heavy atom. The average molecular weight is 678 g/mol. The summed E-state index contributed by atoms with van der Waals surface area (Å²) in [6, 6.07) is 35.1. The minimum atomic E-state index is -0.537. The number of likely N-dealkylation sites (N-methyl/N-ethyl adjacent to an activating group) is 1. The molecule has 4 unspecified atom stereocenters. The number of carbonyl (C=O) groups excluding carboxylic acids is 2. The Balaban J connectivity index is 1.23. The molecule has 0 radical (unpaired) electrons. The third-order valence-corrected chi connectivity index (χ3v) is 9.30. The van der Waals surface area contributed by atoms with Crippen LogP contribution >= 0.6 is 0 Å². The van der Waals surface area contributed by atoms with Gasteiger partial charge in [-0.3, -0.25) is 14.5 Å². The third kappa shape index (κ3) is 10.8. The van der Waals surface area contributed by atoms with E-state index in [-0.39, 0.29) is 36.5 Å². The fraction of sp³-hybridized carbons (Fsp3) is 0.381. The lowest BCUT2D eigenvalue weighted by atomic mass is 9.90. The number of unbranched alkanes of at least 4 members (excludes halogenated alkanes) is 2. The van der Waals surface area contributed by atoms with Gasteiger partial charge in [-0.25, -0.2) is 0 Å². The average Bonchev–Trinajstić information content (AvgIpc) is 3.13. The fourth-order valence-electron chi connectivity index (χ4n) is 6.43. The maximum Gasteiger partial charge on any atom is 0.220 e. The van der Waals surface area contributed by atoms with E-state index in [4.69, 9.17) is 9.47 Å². The van der Waals surface area contributed by atoms with E-state index in [1.165, 1.54) is 12.5 Å². The number of nitrogens with one attached hydrogen (secondary N) is 2. The van der Waals surface area contributed by atoms with Crippen LogP contribution in [0, 0.1) is 5.92 Å². The van der Waals surface area contributed by atoms with Crippen LogP contribution in [0.2, 0.25) is 0 Å². The topological polar surface area (TPSA) is 100 Å². The SMILES string of the molecule is CC(=O)NCCCCCC(=O)NCc1cccc(-c2ccc(C3OC(CN(C)Cc4ccccc4)C(C)C(c4ccc(CO)cc4)O3)cc2)c1. The molecule has 4 aromatic rings. The molecule has 3 N–H and O–H groups in total. The van der Waals surface area contributed by atoms with Gasteiger partial charge in [0.25, 0.3) is 0 Å². The Morgan fingerprint density at radius 3 is 2.20 bits per heavy atom. The lowest BCUT2D eigenvalue weighted by Gasteiger charge is -2.42. The molecule has 0 aliphatic carbocycles. The second-order valence-electron chi connectivity index (χ2n) is 13.4. The lowest BCUT2D eigenvalue weighted by Crippen LogP contribution is -2.43. The van der Waals surface area contributed by atoms with E-state index in [9.17, 15) is 14.7 Å². The maximum absolute atomic E-state index is 12.4. The van der Waals surface area contributed by atoms with Crippen LogP contribution in [0.4, 0.5) is 0 Å². The molecular weight excluding hydrogens is 626 g/mol. The molecule has 0 aromatic heterocycles. The Bertz CT molecular complexity index is 1640. The minimum absolute atomic E-state index is 0.00687. The Labute approximate surface area is 296 Å². The Hall–Kier alpha value is -4.34. The molecule has 0 bridgehead atoms. The molecule has 8 nitrogen and oxygen atoms in total. The zero-order chi connectivity index (χ0) is 35.3. The molecule has 1 heterocycles. The molecule has 4 atom stereocenters. The highest BCUT2D eigenvalue weighted by atomic mass is 16.7. The summed E-state index contributed by atoms with van der Waals surface area (Å²) in [5, 5.41) is 15.4. The van der Waals surface area contributed by atoms with E-state index in [0.29, 0.717) is 19.5 Å². The van der Waals surface area contributed by atoms with Crippen molar-refractivity contribution in [3.8, 4) is 11.1 Å². The normalized spacial score (nSPS) is 18.9. The predicted molar refractivity (Wildman–Crippen MR) is 197 cm³/mol. The van der Waals surface area contributed by atoms with Gasteiger partial charge < -0.3 is 25.2 Å². The van der Waals surface area contributed by atoms with Crippen molar-refractivity contribution in [1.82, 2.24) is 15.5 Å². The second-order valence-corrected chi connectivity index (χ2v) is 13.4. The summed E-state index contributed by atoms with van der Waals surface area (Å²) in [7, 11) is 2.13. The molecule has 0 spiro atoms. The first-order valence-corrected chi connectivity index (χ1v) is 17.7. The first-order valence-electron chi connectivity index (χ1n) is 17.7. The number of benzene rings is 4. The number of aliphatic hydroxyl groups excluding tert-OH is 1. The molecule has 1 aliphatic rings. The Morgan fingerprint density at radius 1 is 0.760 bits per heavy atom. The molecule has 1 fully saturated rings. The van der Waals surface area contributed by atoms with Crippen molar-refractivity contribution in [3.63, 3.8) is 0 Å². The summed E-state index contributed by atoms with van der Waals surface area (Å²) in [4.78, 5) is 25.7. The minimum Gasteiger partial charge on any atom is -0.392 e. The van der Waals surface area contributed by atoms with E-state index >= 15 is 0 Å². The highest BCUT2D eigenvalue weighted by molar-refractivity contribution is 5.76. The molecule has 4 aromatic carbocycles. The van der Waals surface area contributed by atoms with Crippen molar-refractivity contribution < 1.29 is 24.2 Å². The summed E-state index contributed by atoms with van der Waals surface area (Å²) in [6.45, 7) is 6.41. The molecule has 5 rings (SSSR count). The molecule has 1 aliphatic heterocycles. The summed E-state index contributed by atoms with van der Waals surface area (Å²) in [6.07, 6.45) is 2.27. The molecule has 1 saturated heterocycles. The van der Waals surface area contributed by atoms with Crippen molar-refractivity contribution in [1.29, 1.82) is 0 Å². The van der Waals surface area contributed by atoms with Crippen molar-refractivity contribution in [2.24, 2.45) is 5.92 Å². The monoisotopic (exact) mass is 677 g/mol. The number of rotatable bonds is 16. The summed E-state index contributed by atoms with van der Waals surface area (Å²) in [5.41, 5.74) is 7.34. The third-order valence-electron chi connectivity index (χ3n) is 9.30. The summed E-state index contributed by atoms with van der Waals surface area (Å²) < 4.78 is 13.4. The number of carbonyl (C=O) groups is 2. The van der Waals surface area contributed by atoms with Gasteiger partial charge >= 0.3 is 0 Å². The zero-order valence-electron chi connectivity index (χ0n) is 29.5. The van der Waals surface area contributed by atoms with Crippen LogP contribution in [0.15, 0.2) is 103 Å². The highest BCUT2D eigenvalue weighted by Crippen LogP contribution is 2.42. The van der Waals surface area contributed by atoms with Gasteiger partial charge in [0.1, 0.15) is 0 Å². The maximum atomic E-state index is 12.4. The van der Waals surface area contributed by atoms with Crippen LogP contribution in [0.5, 0.6) is 0 Å².